The van der Waals surface area contributed by atoms with E-state index in [1.807, 2.05) is 0 Å². The highest BCUT2D eigenvalue weighted by molar-refractivity contribution is 6.02. The number of carbonyl (C=O) groups excluding carboxylic acids is 1. The molecule has 0 aliphatic carbocycles. The van der Waals surface area contributed by atoms with Crippen LogP contribution in [0.15, 0.2) is 52.0 Å². The highest BCUT2D eigenvalue weighted by Crippen LogP contribution is 2.14. The minimum Gasteiger partial charge on any atom is -0.415 e. The van der Waals surface area contributed by atoms with Crippen LogP contribution < -0.4 is 11.1 Å². The number of aromatic nitrogens is 2. The Labute approximate surface area is 140 Å². The quantitative estimate of drug-likeness (QED) is 0.788. The molecule has 25 heavy (non-hydrogen) atoms. The summed E-state index contributed by atoms with van der Waals surface area (Å²) in [5.41, 5.74) is 1.26. The number of amides is 1. The van der Waals surface area contributed by atoms with Crippen molar-refractivity contribution in [2.45, 2.75) is 6.42 Å². The van der Waals surface area contributed by atoms with E-state index in [1.54, 1.807) is 12.1 Å². The Morgan fingerprint density at radius 3 is 2.48 bits per heavy atom. The van der Waals surface area contributed by atoms with Crippen LogP contribution in [0.5, 0.6) is 0 Å². The molecule has 6 nitrogen and oxygen atoms in total. The maximum Gasteiger partial charge on any atom is 0.419 e. The van der Waals surface area contributed by atoms with E-state index in [9.17, 15) is 18.4 Å². The second-order valence-corrected chi connectivity index (χ2v) is 5.41. The molecule has 3 aromatic rings. The average molecular weight is 345 g/mol. The largest absolute Gasteiger partial charge is 0.419 e. The topological polar surface area (TPSA) is 77.1 Å². The van der Waals surface area contributed by atoms with Gasteiger partial charge in [0.25, 0.3) is 5.91 Å². The molecule has 1 aromatic carbocycles. The molecular weight excluding hydrogens is 332 g/mol. The first-order chi connectivity index (χ1) is 11.9. The number of nitrogens with zero attached hydrogens (tertiary/aromatic N) is 2. The number of hydrogen-bond donors (Lipinski definition) is 1. The third kappa shape index (κ3) is 3.79. The lowest BCUT2D eigenvalue weighted by molar-refractivity contribution is 0.101. The maximum absolute atomic E-state index is 13.2. The fraction of sp³-hybridized carbons (Fsp3) is 0.118. The van der Waals surface area contributed by atoms with Crippen LogP contribution in [0.25, 0.3) is 0 Å². The molecule has 8 heteroatoms. The number of oxazole rings is 1. The number of carbonyl (C=O) groups is 1. The predicted molar refractivity (Wildman–Crippen MR) is 85.3 cm³/mol. The van der Waals surface area contributed by atoms with Crippen molar-refractivity contribution in [2.24, 2.45) is 7.05 Å². The first-order valence-corrected chi connectivity index (χ1v) is 7.28. The number of benzene rings is 1. The summed E-state index contributed by atoms with van der Waals surface area (Å²) in [7, 11) is 1.41. The van der Waals surface area contributed by atoms with Gasteiger partial charge in [0.2, 0.25) is 0 Å². The van der Waals surface area contributed by atoms with E-state index in [1.165, 1.54) is 25.4 Å². The molecule has 0 bridgehead atoms. The third-order valence-corrected chi connectivity index (χ3v) is 3.54. The van der Waals surface area contributed by atoms with Crippen molar-refractivity contribution in [1.29, 1.82) is 0 Å². The van der Waals surface area contributed by atoms with Gasteiger partial charge in [-0.1, -0.05) is 6.07 Å². The predicted octanol–water partition coefficient (Wildman–Crippen LogP) is 2.49. The number of nitrogens with one attached hydrogen (secondary N) is 1. The summed E-state index contributed by atoms with van der Waals surface area (Å²) in [5.74, 6) is -2.19. The van der Waals surface area contributed by atoms with Gasteiger partial charge in [-0.3, -0.25) is 9.36 Å². The van der Waals surface area contributed by atoms with Crippen molar-refractivity contribution >= 4 is 11.7 Å². The number of anilines is 1. The van der Waals surface area contributed by atoms with Crippen molar-refractivity contribution in [3.05, 3.63) is 81.8 Å². The van der Waals surface area contributed by atoms with Crippen molar-refractivity contribution in [3.63, 3.8) is 0 Å². The Morgan fingerprint density at radius 2 is 1.92 bits per heavy atom. The van der Waals surface area contributed by atoms with Crippen LogP contribution >= 0.6 is 0 Å². The van der Waals surface area contributed by atoms with Gasteiger partial charge in [0.15, 0.2) is 0 Å². The van der Waals surface area contributed by atoms with Gasteiger partial charge in [-0.25, -0.2) is 18.6 Å². The zero-order chi connectivity index (χ0) is 18.0. The number of hydrogen-bond acceptors (Lipinski definition) is 4. The molecule has 0 atom stereocenters. The van der Waals surface area contributed by atoms with Gasteiger partial charge < -0.3 is 9.73 Å². The van der Waals surface area contributed by atoms with Crippen LogP contribution in [0, 0.1) is 11.6 Å². The van der Waals surface area contributed by atoms with Crippen molar-refractivity contribution in [3.8, 4) is 0 Å². The fourth-order valence-corrected chi connectivity index (χ4v) is 2.30. The Hall–Kier alpha value is -3.29. The first-order valence-electron chi connectivity index (χ1n) is 7.28. The molecule has 0 saturated carbocycles. The highest BCUT2D eigenvalue weighted by Gasteiger charge is 2.14. The molecule has 0 spiro atoms. The zero-order valence-electron chi connectivity index (χ0n) is 13.1. The second-order valence-electron chi connectivity index (χ2n) is 5.41. The SMILES string of the molecule is Cn1c(C(=O)Nc2ccc(Cc3cc(F)cc(F)c3)cn2)coc1=O. The molecule has 0 aliphatic heterocycles. The molecule has 0 unspecified atom stereocenters. The van der Waals surface area contributed by atoms with Crippen LogP contribution in [0.3, 0.4) is 0 Å². The molecule has 1 amide bonds. The average Bonchev–Trinajstić information content (AvgIpc) is 2.88. The Morgan fingerprint density at radius 1 is 1.20 bits per heavy atom. The van der Waals surface area contributed by atoms with E-state index in [-0.39, 0.29) is 11.5 Å². The van der Waals surface area contributed by atoms with Crippen molar-refractivity contribution in [2.75, 3.05) is 5.32 Å². The van der Waals surface area contributed by atoms with E-state index >= 15 is 0 Å². The standard InChI is InChI=1S/C17H13F2N3O3/c1-22-14(9-25-17(22)24)16(23)21-15-3-2-10(8-20-15)4-11-5-12(18)7-13(19)6-11/h2-3,5-9H,4H2,1H3,(H,20,21,23). The third-order valence-electron chi connectivity index (χ3n) is 3.54. The maximum atomic E-state index is 13.2. The van der Waals surface area contributed by atoms with Gasteiger partial charge in [0.05, 0.1) is 0 Å². The van der Waals surface area contributed by atoms with E-state index < -0.39 is 23.3 Å². The van der Waals surface area contributed by atoms with Gasteiger partial charge in [-0.05, 0) is 35.7 Å². The molecule has 2 aromatic heterocycles. The van der Waals surface area contributed by atoms with Crippen LogP contribution in [0.2, 0.25) is 0 Å². The van der Waals surface area contributed by atoms with E-state index in [0.29, 0.717) is 12.0 Å². The molecule has 128 valence electrons. The molecule has 1 N–H and O–H groups in total. The van der Waals surface area contributed by atoms with Gasteiger partial charge in [-0.2, -0.15) is 0 Å². The summed E-state index contributed by atoms with van der Waals surface area (Å²) in [6.45, 7) is 0. The summed E-state index contributed by atoms with van der Waals surface area (Å²) in [6.07, 6.45) is 2.85. The lowest BCUT2D eigenvalue weighted by Gasteiger charge is -2.06. The smallest absolute Gasteiger partial charge is 0.415 e. The minimum absolute atomic E-state index is 0.0612. The number of halogens is 2. The van der Waals surface area contributed by atoms with Gasteiger partial charge in [-0.15, -0.1) is 0 Å². The van der Waals surface area contributed by atoms with Crippen molar-refractivity contribution in [1.82, 2.24) is 9.55 Å². The lowest BCUT2D eigenvalue weighted by Crippen LogP contribution is -2.20. The van der Waals surface area contributed by atoms with E-state index in [4.69, 9.17) is 0 Å². The van der Waals surface area contributed by atoms with Crippen LogP contribution in [0.4, 0.5) is 14.6 Å². The first kappa shape index (κ1) is 16.6. The number of rotatable bonds is 4. The van der Waals surface area contributed by atoms with Gasteiger partial charge in [0, 0.05) is 19.3 Å². The highest BCUT2D eigenvalue weighted by atomic mass is 19.1. The molecule has 3 rings (SSSR count). The summed E-state index contributed by atoms with van der Waals surface area (Å²) >= 11 is 0. The zero-order valence-corrected chi connectivity index (χ0v) is 13.1. The number of pyridine rings is 1. The molecule has 2 heterocycles. The summed E-state index contributed by atoms with van der Waals surface area (Å²) in [5, 5.41) is 2.53. The molecular formula is C17H13F2N3O3. The minimum atomic E-state index is -0.643. The Bertz CT molecular complexity index is 957. The Kier molecular flexibility index (Phi) is 4.42. The molecule has 0 radical (unpaired) electrons. The Balaban J connectivity index is 1.71. The normalized spacial score (nSPS) is 10.7. The van der Waals surface area contributed by atoms with Gasteiger partial charge in [0.1, 0.15) is 29.4 Å². The van der Waals surface area contributed by atoms with Crippen LogP contribution in [-0.2, 0) is 13.5 Å². The summed E-state index contributed by atoms with van der Waals surface area (Å²) < 4.78 is 32.1. The van der Waals surface area contributed by atoms with Crippen LogP contribution in [0.1, 0.15) is 21.6 Å². The summed E-state index contributed by atoms with van der Waals surface area (Å²) in [6, 6.07) is 6.54. The lowest BCUT2D eigenvalue weighted by atomic mass is 10.1. The monoisotopic (exact) mass is 345 g/mol. The van der Waals surface area contributed by atoms with E-state index in [0.717, 1.165) is 22.5 Å². The van der Waals surface area contributed by atoms with E-state index in [2.05, 4.69) is 14.7 Å². The van der Waals surface area contributed by atoms with Gasteiger partial charge >= 0.3 is 5.76 Å². The fourth-order valence-electron chi connectivity index (χ4n) is 2.30. The summed E-state index contributed by atoms with van der Waals surface area (Å²) in [4.78, 5) is 27.3. The molecule has 0 saturated heterocycles. The van der Waals surface area contributed by atoms with Crippen LogP contribution in [-0.4, -0.2) is 15.5 Å². The van der Waals surface area contributed by atoms with Crippen molar-refractivity contribution < 1.29 is 18.0 Å². The molecule has 0 fully saturated rings. The second kappa shape index (κ2) is 6.68. The molecule has 0 aliphatic rings.